The molecule has 0 N–H and O–H groups in total. The molecule has 354 valence electrons. The molecule has 0 bridgehead atoms. The third-order valence-corrected chi connectivity index (χ3v) is 13.8. The summed E-state index contributed by atoms with van der Waals surface area (Å²) < 4.78 is 126. The maximum absolute atomic E-state index is 9.97. The van der Waals surface area contributed by atoms with E-state index in [0.29, 0.717) is 67.2 Å². The van der Waals surface area contributed by atoms with E-state index >= 15 is 0 Å². The molecule has 0 saturated heterocycles. The quantitative estimate of drug-likeness (QED) is 0.0956. The summed E-state index contributed by atoms with van der Waals surface area (Å²) in [6.07, 6.45) is -7.85. The molecule has 0 aliphatic heterocycles. The van der Waals surface area contributed by atoms with Crippen LogP contribution in [0.1, 0.15) is 155 Å². The first kappa shape index (κ1) is 35.6. The van der Waals surface area contributed by atoms with Crippen molar-refractivity contribution in [2.24, 2.45) is 0 Å². The molecule has 5 aromatic carbocycles. The first-order valence-corrected chi connectivity index (χ1v) is 24.4. The standard InChI is InChI=1S/C65H59N4O.Ir/c1-43(2)58-36-63(57-23-13-22-56-55-31-27-47(39-66)35-64(55)70-65(56)57)69-40-52(58)28-24-44-32-45(25-29-53-41-67-61(50-18-5-3-6-19-50)37-59(53)48-14-9-10-15-48)34-46(33-44)26-30-54-42-68-62(51-20-7-4-8-21-51)38-60(54)49-16-11-12-17-49;/h3-8,13,18,20,22,27,31-38,40-43,48-49H,9-12,14-17,24-26,28-30H2,1-2H3;/q-3;+3/i24D2,25D2,26D2,28D2,29D2,30D2;. The van der Waals surface area contributed by atoms with Gasteiger partial charge in [0.15, 0.2) is 0 Å². The molecule has 2 saturated carbocycles. The Kier molecular flexibility index (Phi) is 11.0. The van der Waals surface area contributed by atoms with Crippen LogP contribution in [0.2, 0.25) is 0 Å². The average Bonchev–Trinajstić information content (AvgIpc) is 4.13. The van der Waals surface area contributed by atoms with Crippen molar-refractivity contribution in [2.75, 3.05) is 0 Å². The minimum Gasteiger partial charge on any atom is -0.501 e. The molecule has 0 spiro atoms. The van der Waals surface area contributed by atoms with Gasteiger partial charge < -0.3 is 19.4 Å². The van der Waals surface area contributed by atoms with Crippen LogP contribution in [0.3, 0.4) is 0 Å². The molecule has 4 aromatic heterocycles. The van der Waals surface area contributed by atoms with Crippen molar-refractivity contribution in [3.8, 4) is 39.8 Å². The normalized spacial score (nSPS) is 17.8. The first-order valence-electron chi connectivity index (χ1n) is 30.4. The molecule has 0 atom stereocenters. The van der Waals surface area contributed by atoms with E-state index in [0.717, 1.165) is 80.3 Å². The Bertz CT molecular complexity index is 3780. The summed E-state index contributed by atoms with van der Waals surface area (Å²) in [7, 11) is 0. The van der Waals surface area contributed by atoms with E-state index in [4.69, 9.17) is 9.40 Å². The zero-order valence-electron chi connectivity index (χ0n) is 51.6. The topological polar surface area (TPSA) is 75.6 Å². The van der Waals surface area contributed by atoms with Crippen molar-refractivity contribution in [3.05, 3.63) is 208 Å². The summed E-state index contributed by atoms with van der Waals surface area (Å²) in [5.74, 6) is -0.702. The third kappa shape index (κ3) is 10.6. The number of hydrogen-bond donors (Lipinski definition) is 0. The summed E-state index contributed by atoms with van der Waals surface area (Å²) in [6, 6.07) is 43.4. The number of rotatable bonds is 15. The van der Waals surface area contributed by atoms with Crippen LogP contribution in [0.4, 0.5) is 0 Å². The number of hydrogen-bond acceptors (Lipinski definition) is 5. The number of aromatic nitrogens is 3. The second-order valence-corrected chi connectivity index (χ2v) is 18.7. The van der Waals surface area contributed by atoms with Crippen LogP contribution in [0.25, 0.3) is 55.7 Å². The molecule has 4 heterocycles. The minimum atomic E-state index is -3.16. The fraction of sp³-hybridized carbons (Fsp3) is 0.292. The van der Waals surface area contributed by atoms with Gasteiger partial charge in [-0.1, -0.05) is 92.9 Å². The monoisotopic (exact) mass is 1120 g/mol. The van der Waals surface area contributed by atoms with Crippen molar-refractivity contribution >= 4 is 21.9 Å². The third-order valence-electron chi connectivity index (χ3n) is 13.8. The van der Waals surface area contributed by atoms with E-state index in [1.54, 1.807) is 54.6 Å². The number of furan rings is 1. The van der Waals surface area contributed by atoms with Gasteiger partial charge in [0.1, 0.15) is 5.58 Å². The fourth-order valence-corrected chi connectivity index (χ4v) is 10.2. The van der Waals surface area contributed by atoms with E-state index < -0.39 is 60.8 Å². The number of nitrogens with zero attached hydrogens (tertiary/aromatic N) is 4. The van der Waals surface area contributed by atoms with Crippen LogP contribution >= 0.6 is 0 Å². The van der Waals surface area contributed by atoms with Gasteiger partial charge in [-0.3, -0.25) is 0 Å². The van der Waals surface area contributed by atoms with Gasteiger partial charge in [-0.2, -0.15) is 5.26 Å². The number of nitriles is 1. The Hall–Kier alpha value is -6.51. The number of benzene rings is 5. The molecule has 0 radical (unpaired) electrons. The minimum absolute atomic E-state index is 0. The smallest absolute Gasteiger partial charge is 0.501 e. The van der Waals surface area contributed by atoms with Gasteiger partial charge >= 0.3 is 20.1 Å². The Morgan fingerprint density at radius 3 is 1.65 bits per heavy atom. The largest absolute Gasteiger partial charge is 3.00 e. The van der Waals surface area contributed by atoms with E-state index in [9.17, 15) is 21.7 Å². The Labute approximate surface area is 450 Å². The molecule has 0 amide bonds. The summed E-state index contributed by atoms with van der Waals surface area (Å²) in [4.78, 5) is 14.0. The summed E-state index contributed by atoms with van der Waals surface area (Å²) in [6.45, 7) is 3.65. The maximum Gasteiger partial charge on any atom is 3.00 e. The van der Waals surface area contributed by atoms with Crippen LogP contribution in [-0.2, 0) is 58.3 Å². The molecule has 2 aliphatic carbocycles. The molecule has 6 heteroatoms. The summed E-state index contributed by atoms with van der Waals surface area (Å²) >= 11 is 0. The van der Waals surface area contributed by atoms with Crippen molar-refractivity contribution in [1.29, 1.82) is 5.26 Å². The molecule has 2 aliphatic rings. The SMILES string of the molecule is [2H]C([2H])(c1cc(C([2H])([2H])C([2H])([2H])c2cnc(-c3[c-]cccc3)cc2C2CCCC2)cc(C([2H])([2H])C([2H])([2H])c2cnc(-c3[c-]cccc3)cc2C2CCCC2)c1)C([2H])([2H])c1cnc(-c2[c-]ccc3c2oc2cc(C#N)ccc23)cc1C(C)C.[Ir+3]. The Morgan fingerprint density at radius 1 is 0.592 bits per heavy atom. The number of fused-ring (bicyclic) bond motifs is 3. The van der Waals surface area contributed by atoms with Gasteiger partial charge in [0.2, 0.25) is 0 Å². The van der Waals surface area contributed by atoms with Gasteiger partial charge in [-0.15, -0.1) is 90.0 Å². The summed E-state index contributed by atoms with van der Waals surface area (Å²) in [5.41, 5.74) is 4.20. The number of aryl methyl sites for hydroxylation is 6. The molecule has 9 aromatic rings. The van der Waals surface area contributed by atoms with E-state index in [-0.39, 0.29) is 48.6 Å². The molecule has 2 fully saturated rings. The van der Waals surface area contributed by atoms with Crippen molar-refractivity contribution in [3.63, 3.8) is 0 Å². The van der Waals surface area contributed by atoms with Gasteiger partial charge in [0.05, 0.1) is 17.2 Å². The second-order valence-electron chi connectivity index (χ2n) is 18.7. The van der Waals surface area contributed by atoms with Crippen LogP contribution in [0.15, 0.2) is 138 Å². The zero-order valence-corrected chi connectivity index (χ0v) is 42.0. The van der Waals surface area contributed by atoms with Gasteiger partial charge in [-0.05, 0) is 161 Å². The maximum atomic E-state index is 9.97. The van der Waals surface area contributed by atoms with Crippen LogP contribution in [0, 0.1) is 29.5 Å². The van der Waals surface area contributed by atoms with E-state index in [1.807, 2.05) is 56.3 Å². The molecule has 0 unspecified atom stereocenters. The van der Waals surface area contributed by atoms with E-state index in [1.165, 1.54) is 18.6 Å². The van der Waals surface area contributed by atoms with Gasteiger partial charge in [0, 0.05) is 40.4 Å². The molecule has 71 heavy (non-hydrogen) atoms. The van der Waals surface area contributed by atoms with Gasteiger partial charge in [0.25, 0.3) is 0 Å². The molecule has 11 rings (SSSR count). The predicted octanol–water partition coefficient (Wildman–Crippen LogP) is 15.8. The number of pyridine rings is 3. The molecule has 5 nitrogen and oxygen atoms in total. The van der Waals surface area contributed by atoms with Crippen LogP contribution < -0.4 is 0 Å². The summed E-state index contributed by atoms with van der Waals surface area (Å²) in [5, 5.41) is 11.1. The average molecular weight is 1120 g/mol. The van der Waals surface area contributed by atoms with Gasteiger partial charge in [-0.25, -0.2) is 0 Å². The Balaban J connectivity index is 0.00000769. The van der Waals surface area contributed by atoms with Crippen LogP contribution in [0.5, 0.6) is 0 Å². The fourth-order valence-electron chi connectivity index (χ4n) is 10.2. The van der Waals surface area contributed by atoms with E-state index in [2.05, 4.69) is 34.2 Å². The second kappa shape index (κ2) is 21.9. The van der Waals surface area contributed by atoms with Crippen molar-refractivity contribution in [2.45, 2.75) is 121 Å². The first-order chi connectivity index (χ1) is 39.0. The van der Waals surface area contributed by atoms with Crippen LogP contribution in [-0.4, -0.2) is 15.0 Å². The van der Waals surface area contributed by atoms with Crippen molar-refractivity contribution < 1.29 is 41.0 Å². The predicted molar refractivity (Wildman–Crippen MR) is 283 cm³/mol. The molecular formula is C65H59IrN4O. The zero-order chi connectivity index (χ0) is 58.1. The Morgan fingerprint density at radius 2 is 1.13 bits per heavy atom. The van der Waals surface area contributed by atoms with Crippen molar-refractivity contribution in [1.82, 2.24) is 15.0 Å². The molecular weight excluding hydrogens is 1040 g/mol.